The van der Waals surface area contributed by atoms with Gasteiger partial charge in [-0.3, -0.25) is 9.59 Å². The first-order chi connectivity index (χ1) is 8.44. The van der Waals surface area contributed by atoms with Crippen LogP contribution in [0.4, 0.5) is 0 Å². The summed E-state index contributed by atoms with van der Waals surface area (Å²) in [6.07, 6.45) is 0. The molecule has 0 bridgehead atoms. The van der Waals surface area contributed by atoms with E-state index in [9.17, 15) is 18.0 Å². The van der Waals surface area contributed by atoms with Crippen LogP contribution in [-0.2, 0) is 28.9 Å². The largest absolute Gasteiger partial charge is 0.466 e. The molecule has 0 radical (unpaired) electrons. The van der Waals surface area contributed by atoms with E-state index in [0.717, 1.165) is 0 Å². The Morgan fingerprint density at radius 2 is 1.67 bits per heavy atom. The second-order valence-electron chi connectivity index (χ2n) is 4.51. The van der Waals surface area contributed by atoms with E-state index in [0.29, 0.717) is 0 Å². The highest BCUT2D eigenvalue weighted by molar-refractivity contribution is 7.92. The smallest absolute Gasteiger partial charge is 0.310 e. The highest BCUT2D eigenvalue weighted by atomic mass is 32.2. The Kier molecular flexibility index (Phi) is 3.35. The highest BCUT2D eigenvalue weighted by Crippen LogP contribution is 2.56. The molecule has 4 unspecified atom stereocenters. The van der Waals surface area contributed by atoms with Crippen LogP contribution in [0.15, 0.2) is 0 Å². The lowest BCUT2D eigenvalue weighted by Gasteiger charge is -2.12. The van der Waals surface area contributed by atoms with Gasteiger partial charge >= 0.3 is 11.9 Å². The maximum absolute atomic E-state index is 11.8. The normalized spacial score (nSPS) is 35.7. The van der Waals surface area contributed by atoms with Crippen molar-refractivity contribution < 1.29 is 27.5 Å². The summed E-state index contributed by atoms with van der Waals surface area (Å²) in [4.78, 5) is 23.3. The SMILES string of the molecule is CCOC(=O)C1CS(=O)(=O)C2C(C(=O)OCC)C12. The van der Waals surface area contributed by atoms with E-state index >= 15 is 0 Å². The molecule has 2 fully saturated rings. The number of hydrogen-bond donors (Lipinski definition) is 0. The van der Waals surface area contributed by atoms with Gasteiger partial charge in [0.15, 0.2) is 9.84 Å². The molecule has 102 valence electrons. The van der Waals surface area contributed by atoms with Crippen LogP contribution in [-0.4, -0.2) is 44.6 Å². The highest BCUT2D eigenvalue weighted by Gasteiger charge is 2.72. The van der Waals surface area contributed by atoms with Crippen LogP contribution in [0.25, 0.3) is 0 Å². The molecule has 0 aromatic carbocycles. The molecule has 0 N–H and O–H groups in total. The molecule has 1 saturated heterocycles. The third-order valence-corrected chi connectivity index (χ3v) is 5.71. The molecule has 1 saturated carbocycles. The fourth-order valence-electron chi connectivity index (χ4n) is 2.72. The average Bonchev–Trinajstić information content (AvgIpc) is 2.96. The maximum atomic E-state index is 11.8. The number of ether oxygens (including phenoxy) is 2. The van der Waals surface area contributed by atoms with Crippen LogP contribution in [0.3, 0.4) is 0 Å². The summed E-state index contributed by atoms with van der Waals surface area (Å²) in [5, 5.41) is -0.744. The van der Waals surface area contributed by atoms with Crippen LogP contribution in [0.5, 0.6) is 0 Å². The molecule has 0 spiro atoms. The first-order valence-electron chi connectivity index (χ1n) is 5.98. The molecule has 6 nitrogen and oxygen atoms in total. The molecule has 0 aromatic rings. The topological polar surface area (TPSA) is 86.7 Å². The lowest BCUT2D eigenvalue weighted by molar-refractivity contribution is -0.149. The summed E-state index contributed by atoms with van der Waals surface area (Å²) < 4.78 is 33.3. The second-order valence-corrected chi connectivity index (χ2v) is 6.71. The molecule has 1 aliphatic heterocycles. The Labute approximate surface area is 106 Å². The number of fused-ring (bicyclic) bond motifs is 1. The van der Waals surface area contributed by atoms with Crippen molar-refractivity contribution >= 4 is 21.8 Å². The fourth-order valence-corrected chi connectivity index (χ4v) is 5.29. The van der Waals surface area contributed by atoms with Crippen molar-refractivity contribution in [1.29, 1.82) is 0 Å². The van der Waals surface area contributed by atoms with Gasteiger partial charge in [0.1, 0.15) is 0 Å². The van der Waals surface area contributed by atoms with E-state index in [1.807, 2.05) is 0 Å². The van der Waals surface area contributed by atoms with E-state index in [-0.39, 0.29) is 19.0 Å². The van der Waals surface area contributed by atoms with Crippen LogP contribution >= 0.6 is 0 Å². The summed E-state index contributed by atoms with van der Waals surface area (Å²) in [6.45, 7) is 3.73. The third-order valence-electron chi connectivity index (χ3n) is 3.45. The first-order valence-corrected chi connectivity index (χ1v) is 7.70. The van der Waals surface area contributed by atoms with E-state index < -0.39 is 44.8 Å². The van der Waals surface area contributed by atoms with Crippen molar-refractivity contribution in [2.45, 2.75) is 19.1 Å². The third kappa shape index (κ3) is 2.00. The standard InChI is InChI=1S/C11H16O6S/c1-3-16-10(12)6-5-18(14,15)9-7(6)8(9)11(13)17-4-2/h6-9H,3-5H2,1-2H3. The quantitative estimate of drug-likeness (QED) is 0.659. The average molecular weight is 276 g/mol. The predicted octanol–water partition coefficient (Wildman–Crippen LogP) is -0.228. The minimum atomic E-state index is -3.38. The first kappa shape index (κ1) is 13.3. The Bertz CT molecular complexity index is 468. The minimum Gasteiger partial charge on any atom is -0.466 e. The van der Waals surface area contributed by atoms with Gasteiger partial charge in [-0.05, 0) is 13.8 Å². The molecule has 0 amide bonds. The Balaban J connectivity index is 2.14. The monoisotopic (exact) mass is 276 g/mol. The van der Waals surface area contributed by atoms with Gasteiger partial charge in [-0.2, -0.15) is 0 Å². The zero-order chi connectivity index (χ0) is 13.5. The molecule has 18 heavy (non-hydrogen) atoms. The van der Waals surface area contributed by atoms with Crippen molar-refractivity contribution in [1.82, 2.24) is 0 Å². The molecule has 2 rings (SSSR count). The van der Waals surface area contributed by atoms with Crippen LogP contribution in [0.1, 0.15) is 13.8 Å². The van der Waals surface area contributed by atoms with E-state index in [1.54, 1.807) is 13.8 Å². The van der Waals surface area contributed by atoms with Gasteiger partial charge in [-0.1, -0.05) is 0 Å². The summed E-state index contributed by atoms with van der Waals surface area (Å²) in [5.41, 5.74) is 0. The van der Waals surface area contributed by atoms with Crippen molar-refractivity contribution in [3.05, 3.63) is 0 Å². The van der Waals surface area contributed by atoms with Crippen molar-refractivity contribution in [3.8, 4) is 0 Å². The van der Waals surface area contributed by atoms with Crippen LogP contribution < -0.4 is 0 Å². The molecule has 1 aliphatic carbocycles. The molecular weight excluding hydrogens is 260 g/mol. The zero-order valence-corrected chi connectivity index (χ0v) is 11.1. The number of carbonyl (C=O) groups excluding carboxylic acids is 2. The van der Waals surface area contributed by atoms with Gasteiger partial charge in [0.25, 0.3) is 0 Å². The summed E-state index contributed by atoms with van der Waals surface area (Å²) >= 11 is 0. The van der Waals surface area contributed by atoms with Crippen molar-refractivity contribution in [3.63, 3.8) is 0 Å². The summed E-state index contributed by atoms with van der Waals surface area (Å²) in [5.74, 6) is -3.11. The Hall–Kier alpha value is -1.11. The molecule has 2 aliphatic rings. The van der Waals surface area contributed by atoms with E-state index in [2.05, 4.69) is 0 Å². The van der Waals surface area contributed by atoms with Gasteiger partial charge < -0.3 is 9.47 Å². The molecule has 1 heterocycles. The lowest BCUT2D eigenvalue weighted by atomic mass is 10.1. The number of hydrogen-bond acceptors (Lipinski definition) is 6. The maximum Gasteiger partial charge on any atom is 0.310 e. The minimum absolute atomic E-state index is 0.205. The van der Waals surface area contributed by atoms with E-state index in [4.69, 9.17) is 9.47 Å². The van der Waals surface area contributed by atoms with Gasteiger partial charge in [-0.15, -0.1) is 0 Å². The molecule has 0 aromatic heterocycles. The van der Waals surface area contributed by atoms with Gasteiger partial charge in [0, 0.05) is 5.92 Å². The van der Waals surface area contributed by atoms with Crippen molar-refractivity contribution in [2.24, 2.45) is 17.8 Å². The van der Waals surface area contributed by atoms with Gasteiger partial charge in [-0.25, -0.2) is 8.42 Å². The second kappa shape index (κ2) is 4.53. The number of sulfone groups is 1. The number of rotatable bonds is 4. The van der Waals surface area contributed by atoms with Gasteiger partial charge in [0.2, 0.25) is 0 Å². The summed E-state index contributed by atoms with van der Waals surface area (Å²) in [7, 11) is -3.38. The number of carbonyl (C=O) groups is 2. The fraction of sp³-hybridized carbons (Fsp3) is 0.818. The Morgan fingerprint density at radius 3 is 2.22 bits per heavy atom. The predicted molar refractivity (Wildman–Crippen MR) is 61.3 cm³/mol. The van der Waals surface area contributed by atoms with Crippen molar-refractivity contribution in [2.75, 3.05) is 19.0 Å². The number of esters is 2. The molecule has 7 heteroatoms. The van der Waals surface area contributed by atoms with Gasteiger partial charge in [0.05, 0.1) is 36.1 Å². The Morgan fingerprint density at radius 1 is 1.11 bits per heavy atom. The summed E-state index contributed by atoms with van der Waals surface area (Å²) in [6, 6.07) is 0. The zero-order valence-electron chi connectivity index (χ0n) is 10.3. The van der Waals surface area contributed by atoms with Crippen LogP contribution in [0, 0.1) is 17.8 Å². The molecular formula is C11H16O6S. The molecule has 4 atom stereocenters. The van der Waals surface area contributed by atoms with E-state index in [1.165, 1.54) is 0 Å². The lowest BCUT2D eigenvalue weighted by Crippen LogP contribution is -2.27. The van der Waals surface area contributed by atoms with Crippen LogP contribution in [0.2, 0.25) is 0 Å².